The van der Waals surface area contributed by atoms with Gasteiger partial charge in [-0.1, -0.05) is 25.1 Å². The van der Waals surface area contributed by atoms with E-state index in [0.29, 0.717) is 0 Å². The molecule has 2 heterocycles. The number of anilines is 1. The first kappa shape index (κ1) is 19.3. The smallest absolute Gasteiger partial charge is 0.350 e. The summed E-state index contributed by atoms with van der Waals surface area (Å²) in [5, 5.41) is 17.3. The predicted octanol–water partition coefficient (Wildman–Crippen LogP) is 2.79. The van der Waals surface area contributed by atoms with Crippen molar-refractivity contribution in [3.05, 3.63) is 59.3 Å². The molecule has 0 spiro atoms. The van der Waals surface area contributed by atoms with E-state index >= 15 is 0 Å². The molecule has 2 N–H and O–H groups in total. The molecule has 7 heteroatoms. The fourth-order valence-electron chi connectivity index (χ4n) is 3.68. The first-order valence-corrected chi connectivity index (χ1v) is 10.1. The van der Waals surface area contributed by atoms with Crippen molar-refractivity contribution in [3.8, 4) is 22.6 Å². The van der Waals surface area contributed by atoms with Crippen LogP contribution in [-0.4, -0.2) is 45.6 Å². The van der Waals surface area contributed by atoms with Gasteiger partial charge in [0.1, 0.15) is 12.1 Å². The molecule has 0 aliphatic carbocycles. The van der Waals surface area contributed by atoms with E-state index in [2.05, 4.69) is 27.4 Å². The van der Waals surface area contributed by atoms with Gasteiger partial charge in [0, 0.05) is 26.2 Å². The quantitative estimate of drug-likeness (QED) is 0.697. The van der Waals surface area contributed by atoms with Gasteiger partial charge in [-0.2, -0.15) is 5.10 Å². The number of rotatable bonds is 5. The highest BCUT2D eigenvalue weighted by Crippen LogP contribution is 2.31. The summed E-state index contributed by atoms with van der Waals surface area (Å²) in [5.74, 6) is 0.234. The standard InChI is InChI=1S/C22H27N5O2/c1-3-16(2)27-22(29)26(15-24-27)21-14-18(17-4-7-19(28)8-5-17)6-9-20(21)25-12-10-23-11-13-25/h4-9,14-16,23,28H,3,10-13H2,1-2H3/t16-/m0/s1. The maximum absolute atomic E-state index is 13.1. The van der Waals surface area contributed by atoms with E-state index in [1.54, 1.807) is 27.7 Å². The van der Waals surface area contributed by atoms with Crippen molar-refractivity contribution in [1.82, 2.24) is 19.7 Å². The van der Waals surface area contributed by atoms with Crippen LogP contribution in [-0.2, 0) is 0 Å². The van der Waals surface area contributed by atoms with E-state index in [9.17, 15) is 9.90 Å². The molecule has 7 nitrogen and oxygen atoms in total. The third-order valence-corrected chi connectivity index (χ3v) is 5.60. The van der Waals surface area contributed by atoms with Gasteiger partial charge in [0.05, 0.1) is 17.4 Å². The van der Waals surface area contributed by atoms with Crippen molar-refractivity contribution in [2.75, 3.05) is 31.1 Å². The van der Waals surface area contributed by atoms with E-state index < -0.39 is 0 Å². The van der Waals surface area contributed by atoms with Gasteiger partial charge in [0.15, 0.2) is 0 Å². The lowest BCUT2D eigenvalue weighted by molar-refractivity contribution is 0.460. The lowest BCUT2D eigenvalue weighted by atomic mass is 10.0. The van der Waals surface area contributed by atoms with Gasteiger partial charge in [-0.3, -0.25) is 0 Å². The summed E-state index contributed by atoms with van der Waals surface area (Å²) in [5.41, 5.74) is 3.70. The summed E-state index contributed by atoms with van der Waals surface area (Å²) < 4.78 is 3.20. The van der Waals surface area contributed by atoms with Crippen LogP contribution in [0.3, 0.4) is 0 Å². The topological polar surface area (TPSA) is 75.3 Å². The van der Waals surface area contributed by atoms with E-state index in [4.69, 9.17) is 0 Å². The maximum Gasteiger partial charge on any atom is 0.350 e. The third kappa shape index (κ3) is 3.78. The lowest BCUT2D eigenvalue weighted by Crippen LogP contribution is -2.44. The second-order valence-corrected chi connectivity index (χ2v) is 7.47. The molecule has 1 aliphatic heterocycles. The lowest BCUT2D eigenvalue weighted by Gasteiger charge is -2.31. The highest BCUT2D eigenvalue weighted by molar-refractivity contribution is 5.74. The van der Waals surface area contributed by atoms with Crippen LogP contribution < -0.4 is 15.9 Å². The fourth-order valence-corrected chi connectivity index (χ4v) is 3.68. The predicted molar refractivity (Wildman–Crippen MR) is 115 cm³/mol. The normalized spacial score (nSPS) is 15.4. The molecular formula is C22H27N5O2. The van der Waals surface area contributed by atoms with Crippen LogP contribution >= 0.6 is 0 Å². The number of nitrogens with one attached hydrogen (secondary N) is 1. The second-order valence-electron chi connectivity index (χ2n) is 7.47. The molecule has 0 saturated carbocycles. The molecule has 1 saturated heterocycles. The molecule has 4 rings (SSSR count). The molecule has 1 aromatic heterocycles. The fraction of sp³-hybridized carbons (Fsp3) is 0.364. The van der Waals surface area contributed by atoms with Gasteiger partial charge in [0.25, 0.3) is 0 Å². The van der Waals surface area contributed by atoms with Gasteiger partial charge < -0.3 is 15.3 Å². The average Bonchev–Trinajstić information content (AvgIpc) is 3.15. The monoisotopic (exact) mass is 393 g/mol. The molecule has 0 unspecified atom stereocenters. The number of hydrogen-bond donors (Lipinski definition) is 2. The first-order valence-electron chi connectivity index (χ1n) is 10.1. The van der Waals surface area contributed by atoms with E-state index in [-0.39, 0.29) is 17.5 Å². The van der Waals surface area contributed by atoms with Crippen LogP contribution in [0.5, 0.6) is 5.75 Å². The van der Waals surface area contributed by atoms with Gasteiger partial charge >= 0.3 is 5.69 Å². The number of nitrogens with zero attached hydrogens (tertiary/aromatic N) is 4. The van der Waals surface area contributed by atoms with Crippen LogP contribution in [0.1, 0.15) is 26.3 Å². The van der Waals surface area contributed by atoms with Crippen molar-refractivity contribution < 1.29 is 5.11 Å². The summed E-state index contributed by atoms with van der Waals surface area (Å²) in [6.45, 7) is 7.66. The number of aromatic hydroxyl groups is 1. The Kier molecular flexibility index (Phi) is 5.40. The van der Waals surface area contributed by atoms with Crippen LogP contribution in [0.15, 0.2) is 53.6 Å². The summed E-state index contributed by atoms with van der Waals surface area (Å²) in [6, 6.07) is 13.3. The Morgan fingerprint density at radius 1 is 1.07 bits per heavy atom. The Morgan fingerprint density at radius 3 is 2.45 bits per heavy atom. The molecular weight excluding hydrogens is 366 g/mol. The molecule has 29 heavy (non-hydrogen) atoms. The van der Waals surface area contributed by atoms with Crippen molar-refractivity contribution >= 4 is 5.69 Å². The minimum absolute atomic E-state index is 0.0478. The number of piperazine rings is 1. The number of phenolic OH excluding ortho intramolecular Hbond substituents is 1. The maximum atomic E-state index is 13.1. The number of hydrogen-bond acceptors (Lipinski definition) is 5. The van der Waals surface area contributed by atoms with Crippen molar-refractivity contribution in [1.29, 1.82) is 0 Å². The van der Waals surface area contributed by atoms with Gasteiger partial charge in [-0.25, -0.2) is 14.0 Å². The Labute approximate surface area is 170 Å². The molecule has 1 fully saturated rings. The number of phenols is 1. The second kappa shape index (κ2) is 8.13. The van der Waals surface area contributed by atoms with Crippen molar-refractivity contribution in [2.45, 2.75) is 26.3 Å². The highest BCUT2D eigenvalue weighted by Gasteiger charge is 2.19. The minimum atomic E-state index is -0.126. The molecule has 1 atom stereocenters. The van der Waals surface area contributed by atoms with E-state index in [1.165, 1.54) is 0 Å². The van der Waals surface area contributed by atoms with Gasteiger partial charge in [-0.15, -0.1) is 0 Å². The number of aromatic nitrogens is 3. The largest absolute Gasteiger partial charge is 0.508 e. The first-order chi connectivity index (χ1) is 14.1. The van der Waals surface area contributed by atoms with Crippen molar-refractivity contribution in [2.24, 2.45) is 0 Å². The van der Waals surface area contributed by atoms with Crippen LogP contribution in [0.25, 0.3) is 16.8 Å². The zero-order valence-electron chi connectivity index (χ0n) is 16.9. The zero-order chi connectivity index (χ0) is 20.4. The molecule has 2 aromatic carbocycles. The SMILES string of the molecule is CC[C@H](C)n1ncn(-c2cc(-c3ccc(O)cc3)ccc2N2CCNCC2)c1=O. The molecule has 152 valence electrons. The zero-order valence-corrected chi connectivity index (χ0v) is 16.9. The Balaban J connectivity index is 1.84. The summed E-state index contributed by atoms with van der Waals surface area (Å²) in [7, 11) is 0. The van der Waals surface area contributed by atoms with Gasteiger partial charge in [0.2, 0.25) is 0 Å². The number of benzene rings is 2. The minimum Gasteiger partial charge on any atom is -0.508 e. The Morgan fingerprint density at radius 2 is 1.76 bits per heavy atom. The molecule has 0 radical (unpaired) electrons. The average molecular weight is 393 g/mol. The van der Waals surface area contributed by atoms with E-state index in [1.807, 2.05) is 32.0 Å². The summed E-state index contributed by atoms with van der Waals surface area (Å²) >= 11 is 0. The molecule has 0 amide bonds. The van der Waals surface area contributed by atoms with Crippen LogP contribution in [0.4, 0.5) is 5.69 Å². The van der Waals surface area contributed by atoms with Crippen molar-refractivity contribution in [3.63, 3.8) is 0 Å². The third-order valence-electron chi connectivity index (χ3n) is 5.60. The van der Waals surface area contributed by atoms with Gasteiger partial charge in [-0.05, 0) is 48.7 Å². The summed E-state index contributed by atoms with van der Waals surface area (Å²) in [4.78, 5) is 15.4. The molecule has 1 aliphatic rings. The molecule has 3 aromatic rings. The Bertz CT molecular complexity index is 1030. The summed E-state index contributed by atoms with van der Waals surface area (Å²) in [6.07, 6.45) is 2.46. The highest BCUT2D eigenvalue weighted by atomic mass is 16.3. The van der Waals surface area contributed by atoms with E-state index in [0.717, 1.165) is 55.1 Å². The van der Waals surface area contributed by atoms with Crippen LogP contribution in [0, 0.1) is 0 Å². The van der Waals surface area contributed by atoms with Crippen LogP contribution in [0.2, 0.25) is 0 Å². The Hall–Kier alpha value is -3.06. The molecule has 0 bridgehead atoms.